The Kier molecular flexibility index (Phi) is 32.5. The van der Waals surface area contributed by atoms with Crippen molar-refractivity contribution in [3.05, 3.63) is 188 Å². The first-order valence-electron chi connectivity index (χ1n) is 39.5. The SMILES string of the molecule is C1COCC[NH+]2CCOCCOCC[NH+](CCO1)CCOCCOCC2.C1COCC[NH+]2CCOCCOCC[NH+](CCO1)CCOCCOCC2.CC1(C)C2=CC=CC3=Cc4cccc5c4B(c4c1cccc4C5(C)C)[C-]32.CC1(C)c2cccc3c2B2c4c(cccc4C(C)(C)c4cccc1c42)[CH-]3.[K+].[K+]. The van der Waals surface area contributed by atoms with Gasteiger partial charge in [0.05, 0.1) is 159 Å². The summed E-state index contributed by atoms with van der Waals surface area (Å²) >= 11 is 0. The van der Waals surface area contributed by atoms with Crippen molar-refractivity contribution in [2.45, 2.75) is 77.0 Å². The number of hydrogen-bond acceptors (Lipinski definition) is 12. The number of allylic oxidation sites excluding steroid dienone is 5. The average molecular weight is 1500 g/mol. The van der Waals surface area contributed by atoms with E-state index in [0.717, 1.165) is 158 Å². The van der Waals surface area contributed by atoms with Gasteiger partial charge in [0.1, 0.15) is 78.5 Å². The van der Waals surface area contributed by atoms with Gasteiger partial charge in [-0.25, -0.2) is 0 Å². The van der Waals surface area contributed by atoms with Crippen molar-refractivity contribution in [1.82, 2.24) is 0 Å². The molecule has 5 aromatic carbocycles. The average Bonchev–Trinajstić information content (AvgIpc) is 0.686. The van der Waals surface area contributed by atoms with Crippen molar-refractivity contribution in [2.24, 2.45) is 0 Å². The van der Waals surface area contributed by atoms with E-state index < -0.39 is 0 Å². The molecule has 5 aromatic rings. The van der Waals surface area contributed by atoms with Gasteiger partial charge in [-0.15, -0.1) is 76.3 Å². The Labute approximate surface area is 720 Å². The Balaban J connectivity index is 0.000000140. The molecule has 0 radical (unpaired) electrons. The third-order valence-electron chi connectivity index (χ3n) is 23.9. The van der Waals surface area contributed by atoms with Crippen molar-refractivity contribution >= 4 is 46.8 Å². The molecule has 0 unspecified atom stereocenters. The molecule has 106 heavy (non-hydrogen) atoms. The van der Waals surface area contributed by atoms with E-state index in [1.807, 2.05) is 0 Å². The predicted molar refractivity (Wildman–Crippen MR) is 414 cm³/mol. The Morgan fingerprint density at radius 3 is 0.896 bits per heavy atom. The Bertz CT molecular complexity index is 3460. The van der Waals surface area contributed by atoms with Gasteiger partial charge in [-0.1, -0.05) is 167 Å². The van der Waals surface area contributed by atoms with Crippen LogP contribution in [0, 0.1) is 12.2 Å². The number of hydrogen-bond donors (Lipinski definition) is 4. The molecule has 4 bridgehead atoms. The van der Waals surface area contributed by atoms with E-state index in [0.29, 0.717) is 92.7 Å². The second kappa shape index (κ2) is 40.7. The summed E-state index contributed by atoms with van der Waals surface area (Å²) in [7, 11) is 0. The summed E-state index contributed by atoms with van der Waals surface area (Å²) in [5.41, 5.74) is 25.7. The molecule has 6 fully saturated rings. The van der Waals surface area contributed by atoms with Crippen molar-refractivity contribution in [2.75, 3.05) is 237 Å². The van der Waals surface area contributed by atoms with Crippen molar-refractivity contribution in [3.63, 3.8) is 0 Å². The summed E-state index contributed by atoms with van der Waals surface area (Å²) in [5.74, 6) is 1.55. The van der Waals surface area contributed by atoms with Crippen LogP contribution in [-0.2, 0) is 78.5 Å². The summed E-state index contributed by atoms with van der Waals surface area (Å²) in [6.45, 7) is 48.2. The number of benzene rings is 5. The summed E-state index contributed by atoms with van der Waals surface area (Å²) in [6.07, 6.45) is 11.7. The maximum atomic E-state index is 5.73. The van der Waals surface area contributed by atoms with Crippen LogP contribution in [0.4, 0.5) is 0 Å². The number of fused-ring (bicyclic) bond motifs is 42. The second-order valence-corrected chi connectivity index (χ2v) is 31.8. The van der Waals surface area contributed by atoms with Crippen LogP contribution in [0.2, 0.25) is 0 Å². The first kappa shape index (κ1) is 84.7. The molecule has 12 heterocycles. The molecule has 13 aliphatic rings. The summed E-state index contributed by atoms with van der Waals surface area (Å²) in [6, 6.07) is 34.7. The van der Waals surface area contributed by atoms with E-state index in [1.165, 1.54) is 86.4 Å². The van der Waals surface area contributed by atoms with Gasteiger partial charge in [-0.2, -0.15) is 5.57 Å². The molecule has 16 nitrogen and oxygen atoms in total. The maximum absolute atomic E-state index is 5.73. The monoisotopic (exact) mass is 1500 g/mol. The van der Waals surface area contributed by atoms with Crippen LogP contribution in [0.5, 0.6) is 0 Å². The zero-order valence-electron chi connectivity index (χ0n) is 66.1. The fourth-order valence-corrected chi connectivity index (χ4v) is 18.0. The van der Waals surface area contributed by atoms with Gasteiger partial charge in [0.25, 0.3) is 0 Å². The van der Waals surface area contributed by atoms with E-state index in [2.05, 4.69) is 177 Å². The fourth-order valence-electron chi connectivity index (χ4n) is 18.0. The van der Waals surface area contributed by atoms with Gasteiger partial charge < -0.3 is 76.4 Å². The smallest absolute Gasteiger partial charge is 0.373 e. The third kappa shape index (κ3) is 19.9. The van der Waals surface area contributed by atoms with Gasteiger partial charge in [0.15, 0.2) is 13.4 Å². The van der Waals surface area contributed by atoms with Crippen LogP contribution in [0.3, 0.4) is 0 Å². The first-order chi connectivity index (χ1) is 50.7. The third-order valence-corrected chi connectivity index (χ3v) is 23.9. The topological polar surface area (TPSA) is 129 Å². The minimum absolute atomic E-state index is 0. The maximum Gasteiger partial charge on any atom is 1.00 e. The summed E-state index contributed by atoms with van der Waals surface area (Å²) in [4.78, 5) is 5.76. The summed E-state index contributed by atoms with van der Waals surface area (Å²) < 4.78 is 68.7. The van der Waals surface area contributed by atoms with Gasteiger partial charge >= 0.3 is 103 Å². The van der Waals surface area contributed by atoms with Crippen LogP contribution in [-0.4, -0.2) is 251 Å². The number of quaternary nitrogens is 4. The van der Waals surface area contributed by atoms with Crippen LogP contribution < -0.4 is 150 Å². The number of rotatable bonds is 0. The molecule has 18 rings (SSSR count). The van der Waals surface area contributed by atoms with E-state index >= 15 is 0 Å². The van der Waals surface area contributed by atoms with E-state index in [4.69, 9.17) is 56.8 Å². The Morgan fingerprint density at radius 2 is 0.575 bits per heavy atom. The number of ether oxygens (including phenoxy) is 12. The van der Waals surface area contributed by atoms with Gasteiger partial charge in [-0.05, 0) is 33.2 Å². The van der Waals surface area contributed by atoms with Crippen molar-refractivity contribution < 1.29 is 179 Å². The van der Waals surface area contributed by atoms with Gasteiger partial charge in [-0.3, -0.25) is 0 Å². The van der Waals surface area contributed by atoms with E-state index in [1.54, 1.807) is 33.1 Å². The van der Waals surface area contributed by atoms with Crippen LogP contribution >= 0.6 is 0 Å². The predicted octanol–water partition coefficient (Wildman–Crippen LogP) is -4.60. The molecule has 0 atom stereocenters. The first-order valence-corrected chi connectivity index (χ1v) is 39.5. The molecule has 0 saturated carbocycles. The zero-order chi connectivity index (χ0) is 71.9. The minimum Gasteiger partial charge on any atom is -0.373 e. The van der Waals surface area contributed by atoms with E-state index in [-0.39, 0.29) is 124 Å². The van der Waals surface area contributed by atoms with Crippen molar-refractivity contribution in [1.29, 1.82) is 0 Å². The standard InChI is InChI=1S/2C25H22B.2C18H36N2O6.2K/c2*1-24(2)17-10-5-8-15-14-16-9-6-11-18-22(16)26(21(15)17)23-19(24)12-7-13-20(23)25(18,3)4;2*1-7-21-13-14-24-10-4-20-5-11-25-17-15-22-8-2-19(1)3-9-23-16-18-26-12-6-20;;/h2*5-14H,1-4H3;2*1-18H2;;/q2*-1;;;2*+1/p+4. The molecule has 0 spiro atoms. The Morgan fingerprint density at radius 1 is 0.311 bits per heavy atom. The molecule has 1 aliphatic carbocycles. The largest absolute Gasteiger partial charge is 1.00 e. The molecule has 0 amide bonds. The van der Waals surface area contributed by atoms with Crippen LogP contribution in [0.15, 0.2) is 120 Å². The molecule has 4 N–H and O–H groups in total. The van der Waals surface area contributed by atoms with Crippen molar-refractivity contribution in [3.8, 4) is 0 Å². The zero-order valence-corrected chi connectivity index (χ0v) is 72.3. The van der Waals surface area contributed by atoms with E-state index in [9.17, 15) is 0 Å². The fraction of sp³-hybridized carbons (Fsp3) is 0.558. The molecule has 0 aromatic heterocycles. The minimum atomic E-state index is 0. The normalized spacial score (nSPS) is 24.9. The molecule has 6 saturated heterocycles. The second-order valence-electron chi connectivity index (χ2n) is 31.8. The molecule has 560 valence electrons. The van der Waals surface area contributed by atoms with Gasteiger partial charge in [0, 0.05) is 16.2 Å². The number of nitrogens with one attached hydrogen (secondary N) is 4. The molecular weight excluding hydrogens is 1380 g/mol. The summed E-state index contributed by atoms with van der Waals surface area (Å²) in [5, 5.41) is 0. The van der Waals surface area contributed by atoms with Crippen LogP contribution in [0.1, 0.15) is 111 Å². The molecule has 12 aliphatic heterocycles. The Hall–Kier alpha value is -2.18. The van der Waals surface area contributed by atoms with Gasteiger partial charge in [0.2, 0.25) is 0 Å². The van der Waals surface area contributed by atoms with Crippen LogP contribution in [0.25, 0.3) is 6.08 Å². The molecular formula is C86H120B2K2N4O12+4. The quantitative estimate of drug-likeness (QED) is 0.0865. The molecule has 20 heteroatoms.